The summed E-state index contributed by atoms with van der Waals surface area (Å²) >= 11 is 0. The van der Waals surface area contributed by atoms with Crippen molar-refractivity contribution < 1.29 is 18.0 Å². The van der Waals surface area contributed by atoms with Crippen molar-refractivity contribution in [3.8, 4) is 0 Å². The minimum absolute atomic E-state index is 0.164. The molecule has 0 bridgehead atoms. The summed E-state index contributed by atoms with van der Waals surface area (Å²) in [4.78, 5) is 13.4. The maximum Gasteiger partial charge on any atom is 0.417 e. The Bertz CT molecular complexity index is 470. The molecule has 1 amide bonds. The van der Waals surface area contributed by atoms with Crippen LogP contribution in [-0.2, 0) is 6.18 Å². The lowest BCUT2D eigenvalue weighted by molar-refractivity contribution is -0.138. The Kier molecular flexibility index (Phi) is 4.92. The zero-order valence-corrected chi connectivity index (χ0v) is 10.3. The molecule has 1 rings (SSSR count). The zero-order valence-electron chi connectivity index (χ0n) is 10.3. The fourth-order valence-corrected chi connectivity index (χ4v) is 1.64. The van der Waals surface area contributed by atoms with E-state index in [0.717, 1.165) is 6.07 Å². The van der Waals surface area contributed by atoms with Crippen LogP contribution in [0.2, 0.25) is 0 Å². The second-order valence-corrected chi connectivity index (χ2v) is 3.83. The summed E-state index contributed by atoms with van der Waals surface area (Å²) in [6.07, 6.45) is -1.64. The highest BCUT2D eigenvalue weighted by atomic mass is 19.4. The molecule has 0 saturated heterocycles. The monoisotopic (exact) mass is 269 g/mol. The third-order valence-corrected chi connectivity index (χ3v) is 2.45. The van der Waals surface area contributed by atoms with E-state index in [1.807, 2.05) is 0 Å². The topological polar surface area (TPSA) is 20.3 Å². The molecule has 0 atom stereocenters. The second kappa shape index (κ2) is 6.22. The lowest BCUT2D eigenvalue weighted by Crippen LogP contribution is -2.32. The van der Waals surface area contributed by atoms with Crippen molar-refractivity contribution in [2.24, 2.45) is 0 Å². The molecule has 0 spiro atoms. The summed E-state index contributed by atoms with van der Waals surface area (Å²) < 4.78 is 38.5. The van der Waals surface area contributed by atoms with Gasteiger partial charge in [0, 0.05) is 13.1 Å². The van der Waals surface area contributed by atoms with Crippen LogP contribution in [0.15, 0.2) is 49.6 Å². The average Bonchev–Trinajstić information content (AvgIpc) is 2.37. The molecular formula is C14H14F3NO. The van der Waals surface area contributed by atoms with Crippen molar-refractivity contribution in [1.29, 1.82) is 0 Å². The van der Waals surface area contributed by atoms with E-state index in [2.05, 4.69) is 13.2 Å². The van der Waals surface area contributed by atoms with Gasteiger partial charge in [-0.2, -0.15) is 13.2 Å². The summed E-state index contributed by atoms with van der Waals surface area (Å²) in [5.41, 5.74) is -1.29. The summed E-state index contributed by atoms with van der Waals surface area (Å²) in [5, 5.41) is 0. The fraction of sp³-hybridized carbons (Fsp3) is 0.214. The standard InChI is InChI=1S/C14H14F3NO/c1-3-9-18(10-4-2)13(19)11-7-5-6-8-12(11)14(15,16)17/h3-8H,1-2,9-10H2. The van der Waals surface area contributed by atoms with E-state index >= 15 is 0 Å². The van der Waals surface area contributed by atoms with Crippen molar-refractivity contribution in [2.45, 2.75) is 6.18 Å². The van der Waals surface area contributed by atoms with E-state index < -0.39 is 17.6 Å². The molecule has 5 heteroatoms. The number of halogens is 3. The number of rotatable bonds is 5. The van der Waals surface area contributed by atoms with Crippen LogP contribution in [0.3, 0.4) is 0 Å². The van der Waals surface area contributed by atoms with E-state index in [0.29, 0.717) is 0 Å². The molecule has 19 heavy (non-hydrogen) atoms. The number of hydrogen-bond donors (Lipinski definition) is 0. The van der Waals surface area contributed by atoms with Crippen molar-refractivity contribution in [2.75, 3.05) is 13.1 Å². The number of carbonyl (C=O) groups is 1. The molecule has 0 saturated carbocycles. The average molecular weight is 269 g/mol. The van der Waals surface area contributed by atoms with Gasteiger partial charge in [-0.25, -0.2) is 0 Å². The Morgan fingerprint density at radius 3 is 2.16 bits per heavy atom. The van der Waals surface area contributed by atoms with Crippen LogP contribution < -0.4 is 0 Å². The van der Waals surface area contributed by atoms with Crippen molar-refractivity contribution in [3.05, 3.63) is 60.7 Å². The van der Waals surface area contributed by atoms with Gasteiger partial charge in [0.25, 0.3) is 5.91 Å². The molecule has 0 radical (unpaired) electrons. The Labute approximate surface area is 109 Å². The van der Waals surface area contributed by atoms with Gasteiger partial charge in [-0.3, -0.25) is 4.79 Å². The smallest absolute Gasteiger partial charge is 0.331 e. The van der Waals surface area contributed by atoms with E-state index in [1.54, 1.807) is 0 Å². The molecule has 0 heterocycles. The number of benzene rings is 1. The Hall–Kier alpha value is -2.04. The first-order valence-electron chi connectivity index (χ1n) is 5.59. The highest BCUT2D eigenvalue weighted by Gasteiger charge is 2.35. The van der Waals surface area contributed by atoms with Crippen LogP contribution in [0, 0.1) is 0 Å². The molecule has 0 aliphatic carbocycles. The Morgan fingerprint density at radius 2 is 1.68 bits per heavy atom. The van der Waals surface area contributed by atoms with Crippen LogP contribution in [-0.4, -0.2) is 23.9 Å². The minimum atomic E-state index is -4.56. The van der Waals surface area contributed by atoms with Crippen molar-refractivity contribution >= 4 is 5.91 Å². The normalized spacial score (nSPS) is 10.9. The predicted octanol–water partition coefficient (Wildman–Crippen LogP) is 3.52. The lowest BCUT2D eigenvalue weighted by atomic mass is 10.1. The van der Waals surface area contributed by atoms with E-state index in [-0.39, 0.29) is 18.7 Å². The lowest BCUT2D eigenvalue weighted by Gasteiger charge is -2.21. The van der Waals surface area contributed by atoms with Gasteiger partial charge in [-0.05, 0) is 12.1 Å². The third kappa shape index (κ3) is 3.71. The molecule has 0 aromatic heterocycles. The van der Waals surface area contributed by atoms with Crippen LogP contribution in [0.4, 0.5) is 13.2 Å². The molecule has 1 aromatic rings. The van der Waals surface area contributed by atoms with Gasteiger partial charge in [0.2, 0.25) is 0 Å². The number of amides is 1. The molecule has 102 valence electrons. The maximum absolute atomic E-state index is 12.8. The number of carbonyl (C=O) groups excluding carboxylic acids is 1. The number of hydrogen-bond acceptors (Lipinski definition) is 1. The largest absolute Gasteiger partial charge is 0.417 e. The minimum Gasteiger partial charge on any atom is -0.331 e. The van der Waals surface area contributed by atoms with E-state index in [1.165, 1.54) is 35.3 Å². The van der Waals surface area contributed by atoms with Crippen LogP contribution in [0.1, 0.15) is 15.9 Å². The first-order valence-corrected chi connectivity index (χ1v) is 5.59. The highest BCUT2D eigenvalue weighted by molar-refractivity contribution is 5.96. The Morgan fingerprint density at radius 1 is 1.16 bits per heavy atom. The van der Waals surface area contributed by atoms with Gasteiger partial charge in [0.15, 0.2) is 0 Å². The maximum atomic E-state index is 12.8. The third-order valence-electron chi connectivity index (χ3n) is 2.45. The quantitative estimate of drug-likeness (QED) is 0.749. The van der Waals surface area contributed by atoms with Gasteiger partial charge in [-0.15, -0.1) is 13.2 Å². The van der Waals surface area contributed by atoms with Crippen LogP contribution in [0.5, 0.6) is 0 Å². The van der Waals surface area contributed by atoms with Crippen molar-refractivity contribution in [1.82, 2.24) is 4.90 Å². The summed E-state index contributed by atoms with van der Waals surface area (Å²) in [6.45, 7) is 7.29. The molecule has 2 nitrogen and oxygen atoms in total. The fourth-order valence-electron chi connectivity index (χ4n) is 1.64. The number of alkyl halides is 3. The predicted molar refractivity (Wildman–Crippen MR) is 67.7 cm³/mol. The second-order valence-electron chi connectivity index (χ2n) is 3.83. The number of nitrogens with zero attached hydrogens (tertiary/aromatic N) is 1. The summed E-state index contributed by atoms with van der Waals surface area (Å²) in [5.74, 6) is -0.687. The molecule has 0 aliphatic heterocycles. The van der Waals surface area contributed by atoms with Gasteiger partial charge >= 0.3 is 6.18 Å². The summed E-state index contributed by atoms with van der Waals surface area (Å²) in [6, 6.07) is 4.73. The van der Waals surface area contributed by atoms with Gasteiger partial charge in [0.05, 0.1) is 11.1 Å². The van der Waals surface area contributed by atoms with Gasteiger partial charge in [0.1, 0.15) is 0 Å². The molecular weight excluding hydrogens is 255 g/mol. The molecule has 1 aromatic carbocycles. The first-order chi connectivity index (χ1) is 8.91. The van der Waals surface area contributed by atoms with Crippen LogP contribution in [0.25, 0.3) is 0 Å². The van der Waals surface area contributed by atoms with E-state index in [9.17, 15) is 18.0 Å². The first kappa shape index (κ1) is 15.0. The SMILES string of the molecule is C=CCN(CC=C)C(=O)c1ccccc1C(F)(F)F. The van der Waals surface area contributed by atoms with E-state index in [4.69, 9.17) is 0 Å². The zero-order chi connectivity index (χ0) is 14.5. The molecule has 0 fully saturated rings. The van der Waals surface area contributed by atoms with Gasteiger partial charge < -0.3 is 4.90 Å². The molecule has 0 aliphatic rings. The van der Waals surface area contributed by atoms with Crippen LogP contribution >= 0.6 is 0 Å². The molecule has 0 N–H and O–H groups in total. The molecule has 0 unspecified atom stereocenters. The Balaban J connectivity index is 3.17. The highest BCUT2D eigenvalue weighted by Crippen LogP contribution is 2.32. The summed E-state index contributed by atoms with van der Waals surface area (Å²) in [7, 11) is 0. The van der Waals surface area contributed by atoms with Crippen molar-refractivity contribution in [3.63, 3.8) is 0 Å². The van der Waals surface area contributed by atoms with Gasteiger partial charge in [-0.1, -0.05) is 24.3 Å².